The van der Waals surface area contributed by atoms with Gasteiger partial charge in [0.05, 0.1) is 0 Å². The van der Waals surface area contributed by atoms with Gasteiger partial charge in [0.15, 0.2) is 0 Å². The largest absolute Gasteiger partial charge is 0.293 e. The monoisotopic (exact) mass is 127 g/mol. The summed E-state index contributed by atoms with van der Waals surface area (Å²) >= 11 is 4.18. The van der Waals surface area contributed by atoms with Crippen molar-refractivity contribution in [3.05, 3.63) is 0 Å². The van der Waals surface area contributed by atoms with Gasteiger partial charge in [-0.2, -0.15) is 0 Å². The van der Waals surface area contributed by atoms with Crippen molar-refractivity contribution in [1.82, 2.24) is 0 Å². The number of carbonyl (C=O) groups is 1. The average Bonchev–Trinajstić information content (AvgIpc) is 1.66. The van der Waals surface area contributed by atoms with Crippen LogP contribution in [0.15, 0.2) is 0 Å². The molecule has 0 aromatic carbocycles. The van der Waals surface area contributed by atoms with Crippen LogP contribution in [0.25, 0.3) is 0 Å². The summed E-state index contributed by atoms with van der Waals surface area (Å²) in [5.41, 5.74) is 0. The Kier molecular flexibility index (Phi) is 4.29. The third-order valence-electron chi connectivity index (χ3n) is 0.565. The van der Waals surface area contributed by atoms with E-state index in [0.29, 0.717) is 0 Å². The van der Waals surface area contributed by atoms with Gasteiger partial charge in [-0.15, -0.1) is 0 Å². The zero-order chi connectivity index (χ0) is 6.41. The molecule has 0 N–H and O–H groups in total. The molecule has 1 nitrogen and oxygen atoms in total. The molecule has 0 spiro atoms. The Balaban J connectivity index is 3.35. The first-order valence-corrected chi connectivity index (χ1v) is 2.88. The first kappa shape index (κ1) is 7.45. The fourth-order valence-electron chi connectivity index (χ4n) is 0.260. The van der Waals surface area contributed by atoms with E-state index in [2.05, 4.69) is 24.5 Å². The second-order valence-electron chi connectivity index (χ2n) is 1.34. The molecular formula is C6H7OS. The molecule has 0 aromatic heterocycles. The Hall–Kier alpha value is -0.550. The SMILES string of the molecule is CCCC#CC(=O)[S]. The van der Waals surface area contributed by atoms with Crippen LogP contribution in [0.2, 0.25) is 0 Å². The van der Waals surface area contributed by atoms with E-state index < -0.39 is 5.12 Å². The first-order valence-electron chi connectivity index (χ1n) is 2.47. The lowest BCUT2D eigenvalue weighted by Crippen LogP contribution is -1.74. The van der Waals surface area contributed by atoms with Crippen molar-refractivity contribution in [1.29, 1.82) is 0 Å². The quantitative estimate of drug-likeness (QED) is 0.488. The molecule has 0 bridgehead atoms. The van der Waals surface area contributed by atoms with Gasteiger partial charge in [0, 0.05) is 6.42 Å². The van der Waals surface area contributed by atoms with Gasteiger partial charge in [0.1, 0.15) is 0 Å². The van der Waals surface area contributed by atoms with E-state index >= 15 is 0 Å². The van der Waals surface area contributed by atoms with Crippen molar-refractivity contribution in [3.8, 4) is 11.8 Å². The molecule has 0 unspecified atom stereocenters. The standard InChI is InChI=1S/C6H7OS/c1-2-3-4-5-6(7)8/h2-3H2,1H3. The van der Waals surface area contributed by atoms with Crippen molar-refractivity contribution >= 4 is 17.7 Å². The highest BCUT2D eigenvalue weighted by Crippen LogP contribution is 1.81. The van der Waals surface area contributed by atoms with E-state index in [1.54, 1.807) is 0 Å². The predicted molar refractivity (Wildman–Crippen MR) is 35.3 cm³/mol. The van der Waals surface area contributed by atoms with Crippen LogP contribution in [0.4, 0.5) is 0 Å². The normalized spacial score (nSPS) is 7.12. The molecule has 8 heavy (non-hydrogen) atoms. The Bertz CT molecular complexity index is 129. The van der Waals surface area contributed by atoms with Gasteiger partial charge >= 0.3 is 0 Å². The van der Waals surface area contributed by atoms with E-state index in [9.17, 15) is 4.79 Å². The minimum absolute atomic E-state index is 0.460. The van der Waals surface area contributed by atoms with Crippen molar-refractivity contribution in [2.45, 2.75) is 19.8 Å². The van der Waals surface area contributed by atoms with Gasteiger partial charge in [-0.05, 0) is 25.0 Å². The molecule has 0 amide bonds. The van der Waals surface area contributed by atoms with Crippen LogP contribution in [0.1, 0.15) is 19.8 Å². The molecule has 0 rings (SSSR count). The zero-order valence-electron chi connectivity index (χ0n) is 4.73. The van der Waals surface area contributed by atoms with Crippen LogP contribution >= 0.6 is 12.6 Å². The smallest absolute Gasteiger partial charge is 0.267 e. The lowest BCUT2D eigenvalue weighted by molar-refractivity contribution is -0.106. The third-order valence-corrected chi connectivity index (χ3v) is 0.668. The molecule has 0 aliphatic heterocycles. The number of unbranched alkanes of at least 4 members (excludes halogenated alkanes) is 1. The highest BCUT2D eigenvalue weighted by Gasteiger charge is 1.79. The third kappa shape index (κ3) is 5.45. The molecule has 0 aliphatic carbocycles. The van der Waals surface area contributed by atoms with Crippen LogP contribution in [0, 0.1) is 11.8 Å². The Labute approximate surface area is 54.9 Å². The summed E-state index contributed by atoms with van der Waals surface area (Å²) in [4.78, 5) is 9.96. The van der Waals surface area contributed by atoms with Gasteiger partial charge < -0.3 is 0 Å². The van der Waals surface area contributed by atoms with Crippen molar-refractivity contribution < 1.29 is 4.79 Å². The van der Waals surface area contributed by atoms with Crippen LogP contribution in [0.3, 0.4) is 0 Å². The first-order chi connectivity index (χ1) is 3.77. The highest BCUT2D eigenvalue weighted by molar-refractivity contribution is 7.97. The molecule has 2 heteroatoms. The second kappa shape index (κ2) is 4.61. The maximum absolute atomic E-state index is 9.96. The molecule has 0 aromatic rings. The minimum Gasteiger partial charge on any atom is -0.267 e. The lowest BCUT2D eigenvalue weighted by Gasteiger charge is -1.73. The molecule has 43 valence electrons. The van der Waals surface area contributed by atoms with Gasteiger partial charge in [-0.3, -0.25) is 4.79 Å². The summed E-state index contributed by atoms with van der Waals surface area (Å²) in [6, 6.07) is 0. The fraction of sp³-hybridized carbons (Fsp3) is 0.500. The summed E-state index contributed by atoms with van der Waals surface area (Å²) in [5.74, 6) is 4.90. The number of rotatable bonds is 1. The summed E-state index contributed by atoms with van der Waals surface area (Å²) in [7, 11) is 0. The maximum atomic E-state index is 9.96. The molecule has 0 saturated carbocycles. The average molecular weight is 127 g/mol. The molecular weight excluding hydrogens is 120 g/mol. The fourth-order valence-corrected chi connectivity index (χ4v) is 0.332. The van der Waals surface area contributed by atoms with E-state index in [1.165, 1.54) is 0 Å². The van der Waals surface area contributed by atoms with Crippen LogP contribution in [-0.4, -0.2) is 5.12 Å². The summed E-state index contributed by atoms with van der Waals surface area (Å²) in [6.07, 6.45) is 1.75. The summed E-state index contributed by atoms with van der Waals surface area (Å²) < 4.78 is 0. The van der Waals surface area contributed by atoms with Gasteiger partial charge in [0.2, 0.25) is 0 Å². The maximum Gasteiger partial charge on any atom is 0.293 e. The predicted octanol–water partition coefficient (Wildman–Crippen LogP) is 1.51. The number of hydrogen-bond donors (Lipinski definition) is 0. The van der Waals surface area contributed by atoms with Crippen molar-refractivity contribution in [3.63, 3.8) is 0 Å². The number of carbonyl (C=O) groups excluding carboxylic acids is 1. The van der Waals surface area contributed by atoms with E-state index in [-0.39, 0.29) is 0 Å². The van der Waals surface area contributed by atoms with Crippen molar-refractivity contribution in [2.24, 2.45) is 0 Å². The van der Waals surface area contributed by atoms with E-state index in [0.717, 1.165) is 12.8 Å². The van der Waals surface area contributed by atoms with Crippen molar-refractivity contribution in [2.75, 3.05) is 0 Å². The molecule has 0 heterocycles. The molecule has 0 aliphatic rings. The van der Waals surface area contributed by atoms with E-state index in [1.807, 2.05) is 6.92 Å². The summed E-state index contributed by atoms with van der Waals surface area (Å²) in [5, 5.41) is -0.460. The topological polar surface area (TPSA) is 17.1 Å². The van der Waals surface area contributed by atoms with Gasteiger partial charge in [-0.1, -0.05) is 12.8 Å². The Morgan fingerprint density at radius 2 is 2.38 bits per heavy atom. The zero-order valence-corrected chi connectivity index (χ0v) is 5.55. The van der Waals surface area contributed by atoms with Gasteiger partial charge in [-0.25, -0.2) is 0 Å². The Morgan fingerprint density at radius 3 is 2.75 bits per heavy atom. The summed E-state index contributed by atoms with van der Waals surface area (Å²) in [6.45, 7) is 2.00. The highest BCUT2D eigenvalue weighted by atomic mass is 32.1. The van der Waals surface area contributed by atoms with Crippen LogP contribution in [0.5, 0.6) is 0 Å². The second-order valence-corrected chi connectivity index (χ2v) is 1.71. The molecule has 0 atom stereocenters. The molecule has 0 fully saturated rings. The Morgan fingerprint density at radius 1 is 1.75 bits per heavy atom. The molecule has 0 saturated heterocycles. The van der Waals surface area contributed by atoms with Crippen LogP contribution in [-0.2, 0) is 4.79 Å². The lowest BCUT2D eigenvalue weighted by atomic mass is 10.3. The van der Waals surface area contributed by atoms with Crippen LogP contribution < -0.4 is 0 Å². The minimum atomic E-state index is -0.460. The van der Waals surface area contributed by atoms with E-state index in [4.69, 9.17) is 0 Å². The molecule has 1 radical (unpaired) electrons. The van der Waals surface area contributed by atoms with Gasteiger partial charge in [0.25, 0.3) is 5.12 Å². The number of hydrogen-bond acceptors (Lipinski definition) is 1.